The van der Waals surface area contributed by atoms with Crippen LogP contribution in [0.1, 0.15) is 91.4 Å². The van der Waals surface area contributed by atoms with Gasteiger partial charge in [0.25, 0.3) is 5.97 Å². The minimum atomic E-state index is -0.984. The summed E-state index contributed by atoms with van der Waals surface area (Å²) >= 11 is 0. The van der Waals surface area contributed by atoms with Crippen molar-refractivity contribution in [2.75, 3.05) is 27.9 Å². The first-order valence-electron chi connectivity index (χ1n) is 10.9. The van der Waals surface area contributed by atoms with Crippen molar-refractivity contribution in [1.82, 2.24) is 0 Å². The fourth-order valence-corrected chi connectivity index (χ4v) is 4.98. The van der Waals surface area contributed by atoms with E-state index < -0.39 is 5.97 Å². The van der Waals surface area contributed by atoms with Crippen LogP contribution in [0.25, 0.3) is 0 Å². The van der Waals surface area contributed by atoms with Crippen LogP contribution >= 0.6 is 0 Å². The smallest absolute Gasteiger partial charge is 0.288 e. The molecule has 1 heterocycles. The monoisotopic (exact) mass is 372 g/mol. The molecule has 156 valence electrons. The zero-order valence-electron chi connectivity index (χ0n) is 18.3. The topological polar surface area (TPSA) is 40.2 Å². The molecular formula is C22H44O4. The largest absolute Gasteiger partial charge is 0.373 e. The lowest BCUT2D eigenvalue weighted by Crippen LogP contribution is -2.57. The normalized spacial score (nSPS) is 18.9. The molecule has 0 bridgehead atoms. The van der Waals surface area contributed by atoms with E-state index in [1.807, 2.05) is 0 Å². The maximum atomic E-state index is 5.95. The Labute approximate surface area is 162 Å². The van der Waals surface area contributed by atoms with E-state index >= 15 is 0 Å². The SMILES string of the molecule is CCCCCCCC(CC1CO1)C(CCC)(CCC)C(OC)(OC)OC. The molecule has 0 aliphatic carbocycles. The zero-order chi connectivity index (χ0) is 19.5. The molecule has 1 fully saturated rings. The zero-order valence-corrected chi connectivity index (χ0v) is 18.3. The number of rotatable bonds is 17. The lowest BCUT2D eigenvalue weighted by molar-refractivity contribution is -0.420. The van der Waals surface area contributed by atoms with Gasteiger partial charge >= 0.3 is 0 Å². The summed E-state index contributed by atoms with van der Waals surface area (Å²) in [6.07, 6.45) is 13.5. The number of epoxide rings is 1. The predicted octanol–water partition coefficient (Wildman–Crippen LogP) is 5.93. The molecule has 1 rings (SSSR count). The van der Waals surface area contributed by atoms with Gasteiger partial charge in [-0.2, -0.15) is 0 Å². The molecule has 0 N–H and O–H groups in total. The number of hydrogen-bond acceptors (Lipinski definition) is 4. The van der Waals surface area contributed by atoms with Crippen molar-refractivity contribution in [1.29, 1.82) is 0 Å². The maximum absolute atomic E-state index is 5.95. The molecule has 0 amide bonds. The van der Waals surface area contributed by atoms with Crippen LogP contribution in [0.4, 0.5) is 0 Å². The number of ether oxygens (including phenoxy) is 4. The van der Waals surface area contributed by atoms with Gasteiger partial charge in [0.15, 0.2) is 0 Å². The summed E-state index contributed by atoms with van der Waals surface area (Å²) in [4.78, 5) is 0. The van der Waals surface area contributed by atoms with Gasteiger partial charge in [0.2, 0.25) is 0 Å². The first-order chi connectivity index (χ1) is 12.6. The van der Waals surface area contributed by atoms with Crippen LogP contribution < -0.4 is 0 Å². The first-order valence-corrected chi connectivity index (χ1v) is 10.9. The fraction of sp³-hybridized carbons (Fsp3) is 1.00. The first kappa shape index (κ1) is 23.9. The van der Waals surface area contributed by atoms with E-state index in [0.717, 1.165) is 38.7 Å². The summed E-state index contributed by atoms with van der Waals surface area (Å²) in [7, 11) is 5.16. The van der Waals surface area contributed by atoms with Gasteiger partial charge in [-0.3, -0.25) is 0 Å². The van der Waals surface area contributed by atoms with Crippen molar-refractivity contribution in [3.8, 4) is 0 Å². The van der Waals surface area contributed by atoms with E-state index in [9.17, 15) is 0 Å². The quantitative estimate of drug-likeness (QED) is 0.180. The van der Waals surface area contributed by atoms with Gasteiger partial charge in [0.1, 0.15) is 0 Å². The molecule has 2 atom stereocenters. The van der Waals surface area contributed by atoms with Gasteiger partial charge < -0.3 is 18.9 Å². The second-order valence-corrected chi connectivity index (χ2v) is 7.92. The van der Waals surface area contributed by atoms with Crippen LogP contribution in [0, 0.1) is 11.3 Å². The molecule has 1 aliphatic heterocycles. The van der Waals surface area contributed by atoms with Gasteiger partial charge in [0, 0.05) is 21.3 Å². The van der Waals surface area contributed by atoms with Crippen molar-refractivity contribution in [2.24, 2.45) is 11.3 Å². The third-order valence-electron chi connectivity index (χ3n) is 6.20. The lowest BCUT2D eigenvalue weighted by Gasteiger charge is -2.51. The van der Waals surface area contributed by atoms with Crippen LogP contribution in [-0.4, -0.2) is 40.0 Å². The minimum Gasteiger partial charge on any atom is -0.373 e. The van der Waals surface area contributed by atoms with Crippen LogP contribution in [0.2, 0.25) is 0 Å². The summed E-state index contributed by atoms with van der Waals surface area (Å²) in [5, 5.41) is 0. The molecule has 0 saturated carbocycles. The Balaban J connectivity index is 3.08. The summed E-state index contributed by atoms with van der Waals surface area (Å²) in [5.41, 5.74) is -0.147. The van der Waals surface area contributed by atoms with E-state index in [-0.39, 0.29) is 5.41 Å². The Morgan fingerprint density at radius 2 is 1.38 bits per heavy atom. The molecule has 1 saturated heterocycles. The minimum absolute atomic E-state index is 0.147. The van der Waals surface area contributed by atoms with Crippen molar-refractivity contribution in [3.05, 3.63) is 0 Å². The van der Waals surface area contributed by atoms with Gasteiger partial charge in [-0.05, 0) is 31.6 Å². The molecule has 0 spiro atoms. The van der Waals surface area contributed by atoms with Crippen LogP contribution in [0.5, 0.6) is 0 Å². The Morgan fingerprint density at radius 3 is 1.81 bits per heavy atom. The Morgan fingerprint density at radius 1 is 0.846 bits per heavy atom. The summed E-state index contributed by atoms with van der Waals surface area (Å²) < 4.78 is 23.5. The Bertz CT molecular complexity index is 336. The summed E-state index contributed by atoms with van der Waals surface area (Å²) in [6, 6.07) is 0. The molecule has 4 nitrogen and oxygen atoms in total. The standard InChI is InChI=1S/C22H44O4/c1-7-10-11-12-13-14-19(17-20-18-26-20)21(15-8-2,16-9-3)22(23-4,24-5)25-6/h19-20H,7-18H2,1-6H3. The third kappa shape index (κ3) is 5.92. The molecule has 4 heteroatoms. The highest BCUT2D eigenvalue weighted by Crippen LogP contribution is 2.53. The predicted molar refractivity (Wildman–Crippen MR) is 107 cm³/mol. The van der Waals surface area contributed by atoms with Gasteiger partial charge in [-0.1, -0.05) is 65.7 Å². The molecule has 0 aromatic rings. The average molecular weight is 373 g/mol. The van der Waals surface area contributed by atoms with Crippen LogP contribution in [-0.2, 0) is 18.9 Å². The van der Waals surface area contributed by atoms with Crippen molar-refractivity contribution in [2.45, 2.75) is 103 Å². The summed E-state index contributed by atoms with van der Waals surface area (Å²) in [5.74, 6) is -0.501. The van der Waals surface area contributed by atoms with E-state index in [0.29, 0.717) is 12.0 Å². The second-order valence-electron chi connectivity index (χ2n) is 7.92. The summed E-state index contributed by atoms with van der Waals surface area (Å²) in [6.45, 7) is 7.68. The molecule has 2 unspecified atom stereocenters. The van der Waals surface area contributed by atoms with E-state index in [1.54, 1.807) is 21.3 Å². The van der Waals surface area contributed by atoms with Crippen LogP contribution in [0.15, 0.2) is 0 Å². The number of hydrogen-bond donors (Lipinski definition) is 0. The molecule has 0 aromatic carbocycles. The maximum Gasteiger partial charge on any atom is 0.288 e. The van der Waals surface area contributed by atoms with E-state index in [2.05, 4.69) is 20.8 Å². The number of unbranched alkanes of at least 4 members (excludes halogenated alkanes) is 4. The van der Waals surface area contributed by atoms with Crippen molar-refractivity contribution in [3.63, 3.8) is 0 Å². The molecular weight excluding hydrogens is 328 g/mol. The highest BCUT2D eigenvalue weighted by molar-refractivity contribution is 4.96. The highest BCUT2D eigenvalue weighted by atomic mass is 16.9. The Hall–Kier alpha value is -0.160. The van der Waals surface area contributed by atoms with E-state index in [4.69, 9.17) is 18.9 Å². The van der Waals surface area contributed by atoms with Gasteiger partial charge in [0.05, 0.1) is 18.1 Å². The third-order valence-corrected chi connectivity index (χ3v) is 6.20. The van der Waals surface area contributed by atoms with Crippen LogP contribution in [0.3, 0.4) is 0 Å². The fourth-order valence-electron chi connectivity index (χ4n) is 4.98. The highest BCUT2D eigenvalue weighted by Gasteiger charge is 2.57. The van der Waals surface area contributed by atoms with Gasteiger partial charge in [-0.25, -0.2) is 0 Å². The van der Waals surface area contributed by atoms with Crippen molar-refractivity contribution >= 4 is 0 Å². The number of methoxy groups -OCH3 is 3. The lowest BCUT2D eigenvalue weighted by atomic mass is 9.63. The van der Waals surface area contributed by atoms with E-state index in [1.165, 1.54) is 38.5 Å². The average Bonchev–Trinajstić information content (AvgIpc) is 3.46. The molecule has 0 radical (unpaired) electrons. The molecule has 1 aliphatic rings. The Kier molecular flexibility index (Phi) is 11.3. The van der Waals surface area contributed by atoms with Crippen molar-refractivity contribution < 1.29 is 18.9 Å². The van der Waals surface area contributed by atoms with Gasteiger partial charge in [-0.15, -0.1) is 0 Å². The second kappa shape index (κ2) is 12.3. The molecule has 0 aromatic heterocycles. The molecule has 26 heavy (non-hydrogen) atoms.